The van der Waals surface area contributed by atoms with Gasteiger partial charge in [0.15, 0.2) is 0 Å². The molecule has 0 aliphatic heterocycles. The van der Waals surface area contributed by atoms with E-state index in [1.807, 2.05) is 0 Å². The lowest BCUT2D eigenvalue weighted by Crippen LogP contribution is -2.50. The van der Waals surface area contributed by atoms with Crippen molar-refractivity contribution in [1.29, 1.82) is 0 Å². The van der Waals surface area contributed by atoms with Gasteiger partial charge in [-0.3, -0.25) is 4.79 Å². The van der Waals surface area contributed by atoms with E-state index in [0.29, 0.717) is 12.6 Å². The van der Waals surface area contributed by atoms with E-state index in [1.165, 1.54) is 25.7 Å². The van der Waals surface area contributed by atoms with Gasteiger partial charge in [-0.15, -0.1) is 0 Å². The highest BCUT2D eigenvalue weighted by molar-refractivity contribution is 5.83. The van der Waals surface area contributed by atoms with E-state index < -0.39 is 0 Å². The molecule has 2 aliphatic rings. The highest BCUT2D eigenvalue weighted by Crippen LogP contribution is 2.38. The van der Waals surface area contributed by atoms with Crippen LogP contribution in [-0.2, 0) is 4.79 Å². The number of rotatable bonds is 3. The summed E-state index contributed by atoms with van der Waals surface area (Å²) in [4.78, 5) is 12.6. The van der Waals surface area contributed by atoms with Crippen molar-refractivity contribution < 1.29 is 4.79 Å². The Labute approximate surface area is 117 Å². The second kappa shape index (κ2) is 6.74. The number of nitrogens with two attached hydrogens (primary N) is 1. The van der Waals surface area contributed by atoms with Crippen LogP contribution in [0.15, 0.2) is 0 Å². The van der Waals surface area contributed by atoms with Crippen molar-refractivity contribution in [2.75, 3.05) is 6.54 Å². The fraction of sp³-hybridized carbons (Fsp3) is 0.938. The van der Waals surface area contributed by atoms with Crippen LogP contribution in [0.25, 0.3) is 0 Å². The molecule has 110 valence electrons. The maximum Gasteiger partial charge on any atom is 0.227 e. The van der Waals surface area contributed by atoms with Crippen molar-refractivity contribution in [3.8, 4) is 0 Å². The van der Waals surface area contributed by atoms with Gasteiger partial charge in [0.1, 0.15) is 0 Å². The number of carbonyl (C=O) groups is 1. The van der Waals surface area contributed by atoms with E-state index in [1.54, 1.807) is 0 Å². The summed E-state index contributed by atoms with van der Waals surface area (Å²) in [6, 6.07) is 0.401. The fourth-order valence-corrected chi connectivity index (χ4v) is 3.60. The van der Waals surface area contributed by atoms with E-state index in [9.17, 15) is 4.79 Å². The molecule has 0 radical (unpaired) electrons. The lowest BCUT2D eigenvalue weighted by molar-refractivity contribution is -0.133. The highest BCUT2D eigenvalue weighted by atomic mass is 16.2. The van der Waals surface area contributed by atoms with Gasteiger partial charge >= 0.3 is 0 Å². The van der Waals surface area contributed by atoms with Crippen LogP contribution in [0.5, 0.6) is 0 Å². The first-order chi connectivity index (χ1) is 9.16. The fourth-order valence-electron chi connectivity index (χ4n) is 3.60. The molecule has 2 fully saturated rings. The topological polar surface area (TPSA) is 55.1 Å². The van der Waals surface area contributed by atoms with Gasteiger partial charge < -0.3 is 11.1 Å². The predicted octanol–water partition coefficient (Wildman–Crippen LogP) is 2.98. The second-order valence-corrected chi connectivity index (χ2v) is 6.83. The van der Waals surface area contributed by atoms with Crippen molar-refractivity contribution in [2.24, 2.45) is 17.1 Å². The third-order valence-electron chi connectivity index (χ3n) is 5.29. The summed E-state index contributed by atoms with van der Waals surface area (Å²) < 4.78 is 0. The molecule has 0 atom stereocenters. The van der Waals surface area contributed by atoms with Crippen LogP contribution in [0.1, 0.15) is 71.1 Å². The van der Waals surface area contributed by atoms with Crippen molar-refractivity contribution in [1.82, 2.24) is 5.32 Å². The maximum absolute atomic E-state index is 12.6. The van der Waals surface area contributed by atoms with Crippen LogP contribution in [0, 0.1) is 11.3 Å². The molecule has 19 heavy (non-hydrogen) atoms. The van der Waals surface area contributed by atoms with Gasteiger partial charge in [0, 0.05) is 12.6 Å². The zero-order valence-corrected chi connectivity index (χ0v) is 12.4. The molecular weight excluding hydrogens is 236 g/mol. The molecule has 2 saturated carbocycles. The Morgan fingerprint density at radius 1 is 1.11 bits per heavy atom. The summed E-state index contributed by atoms with van der Waals surface area (Å²) in [5, 5.41) is 3.32. The Bertz CT molecular complexity index is 287. The molecule has 0 spiro atoms. The first-order valence-electron chi connectivity index (χ1n) is 8.17. The van der Waals surface area contributed by atoms with Gasteiger partial charge in [-0.1, -0.05) is 32.6 Å². The van der Waals surface area contributed by atoms with E-state index in [-0.39, 0.29) is 11.3 Å². The molecule has 0 heterocycles. The molecular formula is C16H30N2O. The Morgan fingerprint density at radius 3 is 2.21 bits per heavy atom. The lowest BCUT2D eigenvalue weighted by atomic mass is 9.70. The van der Waals surface area contributed by atoms with Gasteiger partial charge in [-0.2, -0.15) is 0 Å². The highest BCUT2D eigenvalue weighted by Gasteiger charge is 2.40. The van der Waals surface area contributed by atoms with Crippen LogP contribution in [0.4, 0.5) is 0 Å². The first-order valence-corrected chi connectivity index (χ1v) is 8.17. The largest absolute Gasteiger partial charge is 0.353 e. The van der Waals surface area contributed by atoms with Crippen molar-refractivity contribution in [2.45, 2.75) is 77.2 Å². The van der Waals surface area contributed by atoms with Crippen LogP contribution in [0.2, 0.25) is 0 Å². The summed E-state index contributed by atoms with van der Waals surface area (Å²) in [6.45, 7) is 2.79. The zero-order chi connectivity index (χ0) is 13.7. The minimum atomic E-state index is -0.265. The van der Waals surface area contributed by atoms with Crippen molar-refractivity contribution >= 4 is 5.91 Å². The van der Waals surface area contributed by atoms with Crippen LogP contribution in [-0.4, -0.2) is 18.5 Å². The number of hydrogen-bond donors (Lipinski definition) is 2. The van der Waals surface area contributed by atoms with Crippen LogP contribution < -0.4 is 11.1 Å². The molecule has 1 amide bonds. The average molecular weight is 266 g/mol. The molecule has 0 bridgehead atoms. The molecule has 0 aromatic carbocycles. The van der Waals surface area contributed by atoms with E-state index in [0.717, 1.165) is 44.4 Å². The number of amides is 1. The Balaban J connectivity index is 1.92. The van der Waals surface area contributed by atoms with E-state index >= 15 is 0 Å². The van der Waals surface area contributed by atoms with Crippen molar-refractivity contribution in [3.63, 3.8) is 0 Å². The summed E-state index contributed by atoms with van der Waals surface area (Å²) >= 11 is 0. The van der Waals surface area contributed by atoms with E-state index in [2.05, 4.69) is 12.2 Å². The SMILES string of the molecule is CC1CCC(CN)(C(=O)NC2CCCCCC2)CC1. The van der Waals surface area contributed by atoms with Gasteiger partial charge in [-0.25, -0.2) is 0 Å². The van der Waals surface area contributed by atoms with Gasteiger partial charge in [0.05, 0.1) is 5.41 Å². The minimum absolute atomic E-state index is 0.244. The Kier molecular flexibility index (Phi) is 5.26. The van der Waals surface area contributed by atoms with Crippen LogP contribution in [0.3, 0.4) is 0 Å². The number of hydrogen-bond acceptors (Lipinski definition) is 2. The summed E-state index contributed by atoms with van der Waals surface area (Å²) in [5.41, 5.74) is 5.69. The molecule has 3 heteroatoms. The number of carbonyl (C=O) groups excluding carboxylic acids is 1. The monoisotopic (exact) mass is 266 g/mol. The van der Waals surface area contributed by atoms with Crippen LogP contribution >= 0.6 is 0 Å². The molecule has 2 aliphatic carbocycles. The smallest absolute Gasteiger partial charge is 0.227 e. The molecule has 0 aromatic heterocycles. The van der Waals surface area contributed by atoms with Crippen molar-refractivity contribution in [3.05, 3.63) is 0 Å². The molecule has 2 rings (SSSR count). The minimum Gasteiger partial charge on any atom is -0.353 e. The standard InChI is InChI=1S/C16H30N2O/c1-13-8-10-16(12-17,11-9-13)15(19)18-14-6-4-2-3-5-7-14/h13-14H,2-12,17H2,1H3,(H,18,19). The molecule has 0 aromatic rings. The average Bonchev–Trinajstić information content (AvgIpc) is 2.68. The van der Waals surface area contributed by atoms with E-state index in [4.69, 9.17) is 5.73 Å². The Morgan fingerprint density at radius 2 is 1.68 bits per heavy atom. The Hall–Kier alpha value is -0.570. The number of nitrogens with one attached hydrogen (secondary N) is 1. The third-order valence-corrected chi connectivity index (χ3v) is 5.29. The van der Waals surface area contributed by atoms with Gasteiger partial charge in [0.25, 0.3) is 0 Å². The van der Waals surface area contributed by atoms with Gasteiger partial charge in [-0.05, 0) is 44.4 Å². The third kappa shape index (κ3) is 3.71. The molecule has 0 saturated heterocycles. The molecule has 0 unspecified atom stereocenters. The predicted molar refractivity (Wildman–Crippen MR) is 78.8 cm³/mol. The molecule has 3 nitrogen and oxygen atoms in total. The van der Waals surface area contributed by atoms with Gasteiger partial charge in [0.2, 0.25) is 5.91 Å². The lowest BCUT2D eigenvalue weighted by Gasteiger charge is -2.38. The molecule has 3 N–H and O–H groups in total. The second-order valence-electron chi connectivity index (χ2n) is 6.83. The summed E-state index contributed by atoms with van der Waals surface area (Å²) in [7, 11) is 0. The zero-order valence-electron chi connectivity index (χ0n) is 12.4. The maximum atomic E-state index is 12.6. The first kappa shape index (κ1) is 14.8. The normalized spacial score (nSPS) is 33.7. The summed E-state index contributed by atoms with van der Waals surface area (Å²) in [5.74, 6) is 0.999. The quantitative estimate of drug-likeness (QED) is 0.772. The summed E-state index contributed by atoms with van der Waals surface area (Å²) in [6.07, 6.45) is 11.7.